The van der Waals surface area contributed by atoms with Gasteiger partial charge in [0.15, 0.2) is 0 Å². The fraction of sp³-hybridized carbons (Fsp3) is 0.727. The molecule has 0 aliphatic carbocycles. The van der Waals surface area contributed by atoms with Gasteiger partial charge in [-0.2, -0.15) is 0 Å². The van der Waals surface area contributed by atoms with Crippen LogP contribution < -0.4 is 5.32 Å². The minimum absolute atomic E-state index is 0.0189. The molecular weight excluding hydrogens is 308 g/mol. The standard InChI is InChI=1S/C22H38N2O/c1-18-7-9-19(10-8-18)21(11-14-23-13-6-15-24(4)5)20-12-16-25-22(2,3)17-20/h7-10,20-21,23H,6,11-17H2,1-5H3. The van der Waals surface area contributed by atoms with Crippen molar-refractivity contribution in [2.24, 2.45) is 5.92 Å². The minimum Gasteiger partial charge on any atom is -0.376 e. The van der Waals surface area contributed by atoms with E-state index in [2.05, 4.69) is 69.3 Å². The van der Waals surface area contributed by atoms with Crippen LogP contribution in [0.3, 0.4) is 0 Å². The van der Waals surface area contributed by atoms with E-state index in [1.807, 2.05) is 0 Å². The normalized spacial score (nSPS) is 21.4. The Morgan fingerprint density at radius 2 is 1.92 bits per heavy atom. The molecule has 1 N–H and O–H groups in total. The van der Waals surface area contributed by atoms with Crippen molar-refractivity contribution >= 4 is 0 Å². The predicted octanol–water partition coefficient (Wildman–Crippen LogP) is 4.22. The monoisotopic (exact) mass is 346 g/mol. The molecule has 1 aliphatic rings. The summed E-state index contributed by atoms with van der Waals surface area (Å²) >= 11 is 0. The lowest BCUT2D eigenvalue weighted by Crippen LogP contribution is -2.37. The second-order valence-electron chi connectivity index (χ2n) is 8.57. The molecule has 3 heteroatoms. The van der Waals surface area contributed by atoms with Crippen molar-refractivity contribution in [3.63, 3.8) is 0 Å². The molecule has 0 amide bonds. The average Bonchev–Trinajstić information content (AvgIpc) is 2.54. The van der Waals surface area contributed by atoms with Crippen molar-refractivity contribution in [3.8, 4) is 0 Å². The molecule has 1 aromatic carbocycles. The summed E-state index contributed by atoms with van der Waals surface area (Å²) < 4.78 is 5.96. The van der Waals surface area contributed by atoms with Gasteiger partial charge >= 0.3 is 0 Å². The highest BCUT2D eigenvalue weighted by molar-refractivity contribution is 5.25. The van der Waals surface area contributed by atoms with E-state index in [4.69, 9.17) is 4.74 Å². The second kappa shape index (κ2) is 9.70. The lowest BCUT2D eigenvalue weighted by molar-refractivity contribution is -0.0771. The van der Waals surface area contributed by atoms with Crippen molar-refractivity contribution in [2.45, 2.75) is 58.0 Å². The van der Waals surface area contributed by atoms with Gasteiger partial charge in [-0.15, -0.1) is 0 Å². The van der Waals surface area contributed by atoms with Gasteiger partial charge in [0.2, 0.25) is 0 Å². The smallest absolute Gasteiger partial charge is 0.0629 e. The molecule has 0 spiro atoms. The molecule has 1 heterocycles. The highest BCUT2D eigenvalue weighted by atomic mass is 16.5. The summed E-state index contributed by atoms with van der Waals surface area (Å²) in [6, 6.07) is 9.21. The van der Waals surface area contributed by atoms with E-state index in [-0.39, 0.29) is 5.60 Å². The number of hydrogen-bond donors (Lipinski definition) is 1. The van der Waals surface area contributed by atoms with Crippen LogP contribution in [0, 0.1) is 12.8 Å². The average molecular weight is 347 g/mol. The molecule has 0 saturated carbocycles. The number of aryl methyl sites for hydroxylation is 1. The second-order valence-corrected chi connectivity index (χ2v) is 8.57. The molecular formula is C22H38N2O. The molecule has 1 fully saturated rings. The Labute approximate surface area is 155 Å². The van der Waals surface area contributed by atoms with Crippen molar-refractivity contribution < 1.29 is 4.74 Å². The minimum atomic E-state index is 0.0189. The third-order valence-electron chi connectivity index (χ3n) is 5.40. The third kappa shape index (κ3) is 7.08. The molecule has 0 bridgehead atoms. The topological polar surface area (TPSA) is 24.5 Å². The Kier molecular flexibility index (Phi) is 7.92. The van der Waals surface area contributed by atoms with Crippen molar-refractivity contribution in [1.82, 2.24) is 10.2 Å². The predicted molar refractivity (Wildman–Crippen MR) is 107 cm³/mol. The highest BCUT2D eigenvalue weighted by Crippen LogP contribution is 2.39. The van der Waals surface area contributed by atoms with Crippen molar-refractivity contribution in [2.75, 3.05) is 40.3 Å². The number of nitrogens with zero attached hydrogens (tertiary/aromatic N) is 1. The van der Waals surface area contributed by atoms with Crippen LogP contribution in [0.1, 0.15) is 56.6 Å². The zero-order valence-electron chi connectivity index (χ0n) is 17.0. The zero-order chi connectivity index (χ0) is 18.3. The summed E-state index contributed by atoms with van der Waals surface area (Å²) in [7, 11) is 4.28. The first-order valence-electron chi connectivity index (χ1n) is 9.93. The number of benzene rings is 1. The molecule has 1 aliphatic heterocycles. The first-order valence-corrected chi connectivity index (χ1v) is 9.93. The fourth-order valence-corrected chi connectivity index (χ4v) is 4.01. The van der Waals surface area contributed by atoms with Gasteiger partial charge in [0.1, 0.15) is 0 Å². The highest BCUT2D eigenvalue weighted by Gasteiger charge is 2.33. The van der Waals surface area contributed by atoms with E-state index < -0.39 is 0 Å². The molecule has 0 aromatic heterocycles. The van der Waals surface area contributed by atoms with E-state index in [9.17, 15) is 0 Å². The molecule has 1 aromatic rings. The summed E-state index contributed by atoms with van der Waals surface area (Å²) in [6.45, 7) is 10.9. The van der Waals surface area contributed by atoms with Gasteiger partial charge in [0, 0.05) is 6.61 Å². The van der Waals surface area contributed by atoms with Gasteiger partial charge in [-0.3, -0.25) is 0 Å². The number of hydrogen-bond acceptors (Lipinski definition) is 3. The molecule has 3 nitrogen and oxygen atoms in total. The van der Waals surface area contributed by atoms with Crippen molar-refractivity contribution in [3.05, 3.63) is 35.4 Å². The van der Waals surface area contributed by atoms with Crippen LogP contribution in [0.5, 0.6) is 0 Å². The van der Waals surface area contributed by atoms with Crippen LogP contribution >= 0.6 is 0 Å². The van der Waals surface area contributed by atoms with E-state index in [1.165, 1.54) is 30.4 Å². The SMILES string of the molecule is Cc1ccc(C(CCNCCCN(C)C)C2CCOC(C)(C)C2)cc1. The van der Waals surface area contributed by atoms with E-state index >= 15 is 0 Å². The summed E-state index contributed by atoms with van der Waals surface area (Å²) in [5, 5.41) is 3.65. The van der Waals surface area contributed by atoms with E-state index in [1.54, 1.807) is 0 Å². The van der Waals surface area contributed by atoms with Crippen LogP contribution in [-0.4, -0.2) is 50.8 Å². The first-order chi connectivity index (χ1) is 11.9. The maximum absolute atomic E-state index is 5.96. The fourth-order valence-electron chi connectivity index (χ4n) is 4.01. The van der Waals surface area contributed by atoms with Gasteiger partial charge in [-0.05, 0) is 97.6 Å². The Morgan fingerprint density at radius 3 is 2.56 bits per heavy atom. The summed E-state index contributed by atoms with van der Waals surface area (Å²) in [5.74, 6) is 1.35. The Morgan fingerprint density at radius 1 is 1.20 bits per heavy atom. The molecule has 2 atom stereocenters. The van der Waals surface area contributed by atoms with Gasteiger partial charge in [0.05, 0.1) is 5.60 Å². The Balaban J connectivity index is 1.94. The van der Waals surface area contributed by atoms with Gasteiger partial charge in [-0.1, -0.05) is 29.8 Å². The maximum atomic E-state index is 5.96. The third-order valence-corrected chi connectivity index (χ3v) is 5.40. The summed E-state index contributed by atoms with van der Waals surface area (Å²) in [5.41, 5.74) is 2.87. The summed E-state index contributed by atoms with van der Waals surface area (Å²) in [6.07, 6.45) is 4.77. The van der Waals surface area contributed by atoms with Crippen LogP contribution in [-0.2, 0) is 4.74 Å². The van der Waals surface area contributed by atoms with Crippen LogP contribution in [0.2, 0.25) is 0 Å². The summed E-state index contributed by atoms with van der Waals surface area (Å²) in [4.78, 5) is 2.25. The molecule has 2 rings (SSSR count). The number of rotatable bonds is 9. The van der Waals surface area contributed by atoms with E-state index in [0.717, 1.165) is 38.6 Å². The molecule has 0 radical (unpaired) electrons. The van der Waals surface area contributed by atoms with Crippen LogP contribution in [0.4, 0.5) is 0 Å². The molecule has 2 unspecified atom stereocenters. The lowest BCUT2D eigenvalue weighted by Gasteiger charge is -2.39. The molecule has 1 saturated heterocycles. The van der Waals surface area contributed by atoms with Crippen LogP contribution in [0.15, 0.2) is 24.3 Å². The Bertz CT molecular complexity index is 495. The molecule has 142 valence electrons. The largest absolute Gasteiger partial charge is 0.376 e. The quantitative estimate of drug-likeness (QED) is 0.678. The Hall–Kier alpha value is -0.900. The van der Waals surface area contributed by atoms with Gasteiger partial charge in [-0.25, -0.2) is 0 Å². The maximum Gasteiger partial charge on any atom is 0.0629 e. The molecule has 25 heavy (non-hydrogen) atoms. The lowest BCUT2D eigenvalue weighted by atomic mass is 9.75. The zero-order valence-corrected chi connectivity index (χ0v) is 17.0. The number of nitrogens with one attached hydrogen (secondary N) is 1. The van der Waals surface area contributed by atoms with Crippen LogP contribution in [0.25, 0.3) is 0 Å². The van der Waals surface area contributed by atoms with Crippen molar-refractivity contribution in [1.29, 1.82) is 0 Å². The first kappa shape index (κ1) is 20.4. The van der Waals surface area contributed by atoms with E-state index in [0.29, 0.717) is 5.92 Å². The van der Waals surface area contributed by atoms with Gasteiger partial charge < -0.3 is 15.0 Å². The number of ether oxygens (including phenoxy) is 1. The van der Waals surface area contributed by atoms with Gasteiger partial charge in [0.25, 0.3) is 0 Å².